The van der Waals surface area contributed by atoms with Gasteiger partial charge in [-0.05, 0) is 26.0 Å². The number of carbonyl (C=O) groups is 2. The average molecular weight is 354 g/mol. The standard InChI is InChI=1S/C17H18N6O3/c1-11(2)20-17(26)21-14(24)9-22-10-18-15-13(16(22)25)8-19-23(15)12-6-4-3-5-7-12/h3-8,10-11H,9H2,1-2H3,(H2,20,21,24,26). The van der Waals surface area contributed by atoms with Crippen molar-refractivity contribution in [2.24, 2.45) is 0 Å². The van der Waals surface area contributed by atoms with Crippen LogP contribution in [0.1, 0.15) is 13.8 Å². The molecule has 0 spiro atoms. The number of para-hydroxylation sites is 1. The summed E-state index contributed by atoms with van der Waals surface area (Å²) in [5, 5.41) is 9.20. The van der Waals surface area contributed by atoms with Gasteiger partial charge < -0.3 is 5.32 Å². The van der Waals surface area contributed by atoms with Gasteiger partial charge in [-0.3, -0.25) is 19.5 Å². The fourth-order valence-corrected chi connectivity index (χ4v) is 2.44. The van der Waals surface area contributed by atoms with E-state index in [2.05, 4.69) is 20.7 Å². The Balaban J connectivity index is 1.83. The second-order valence-corrected chi connectivity index (χ2v) is 5.98. The summed E-state index contributed by atoms with van der Waals surface area (Å²) in [5.41, 5.74) is 0.766. The number of hydrogen-bond donors (Lipinski definition) is 2. The van der Waals surface area contributed by atoms with E-state index in [0.717, 1.165) is 10.3 Å². The number of benzene rings is 1. The third-order valence-corrected chi connectivity index (χ3v) is 3.54. The molecule has 26 heavy (non-hydrogen) atoms. The summed E-state index contributed by atoms with van der Waals surface area (Å²) < 4.78 is 2.69. The highest BCUT2D eigenvalue weighted by atomic mass is 16.2. The zero-order valence-corrected chi connectivity index (χ0v) is 14.3. The van der Waals surface area contributed by atoms with Gasteiger partial charge in [0.2, 0.25) is 5.91 Å². The van der Waals surface area contributed by atoms with Crippen molar-refractivity contribution in [3.63, 3.8) is 0 Å². The molecule has 134 valence electrons. The molecule has 2 N–H and O–H groups in total. The lowest BCUT2D eigenvalue weighted by Gasteiger charge is -2.10. The van der Waals surface area contributed by atoms with Crippen LogP contribution in [0.4, 0.5) is 4.79 Å². The molecule has 0 atom stereocenters. The Labute approximate surface area is 148 Å². The maximum atomic E-state index is 12.6. The van der Waals surface area contributed by atoms with Crippen molar-refractivity contribution in [3.05, 3.63) is 53.2 Å². The Morgan fingerprint density at radius 1 is 1.19 bits per heavy atom. The van der Waals surface area contributed by atoms with Crippen LogP contribution < -0.4 is 16.2 Å². The Morgan fingerprint density at radius 3 is 2.62 bits per heavy atom. The third kappa shape index (κ3) is 3.61. The van der Waals surface area contributed by atoms with Crippen molar-refractivity contribution in [1.82, 2.24) is 30.0 Å². The smallest absolute Gasteiger partial charge is 0.321 e. The summed E-state index contributed by atoms with van der Waals surface area (Å²) in [6, 6.07) is 8.58. The summed E-state index contributed by atoms with van der Waals surface area (Å²) in [5.74, 6) is -0.609. The lowest BCUT2D eigenvalue weighted by Crippen LogP contribution is -2.44. The van der Waals surface area contributed by atoms with Gasteiger partial charge >= 0.3 is 6.03 Å². The molecule has 0 saturated heterocycles. The molecule has 9 heteroatoms. The summed E-state index contributed by atoms with van der Waals surface area (Å²) in [6.45, 7) is 3.23. The summed E-state index contributed by atoms with van der Waals surface area (Å²) in [7, 11) is 0. The topological polar surface area (TPSA) is 111 Å². The van der Waals surface area contributed by atoms with Crippen molar-refractivity contribution < 1.29 is 9.59 Å². The van der Waals surface area contributed by atoms with E-state index in [1.54, 1.807) is 18.5 Å². The largest absolute Gasteiger partial charge is 0.336 e. The lowest BCUT2D eigenvalue weighted by atomic mass is 10.3. The number of amides is 3. The minimum Gasteiger partial charge on any atom is -0.336 e. The van der Waals surface area contributed by atoms with E-state index in [9.17, 15) is 14.4 Å². The quantitative estimate of drug-likeness (QED) is 0.720. The molecule has 9 nitrogen and oxygen atoms in total. The number of hydrogen-bond acceptors (Lipinski definition) is 5. The predicted molar refractivity (Wildman–Crippen MR) is 94.9 cm³/mol. The first-order chi connectivity index (χ1) is 12.5. The van der Waals surface area contributed by atoms with Crippen molar-refractivity contribution in [1.29, 1.82) is 0 Å². The van der Waals surface area contributed by atoms with Crippen molar-refractivity contribution in [3.8, 4) is 5.69 Å². The highest BCUT2D eigenvalue weighted by Crippen LogP contribution is 2.12. The molecule has 0 aliphatic rings. The van der Waals surface area contributed by atoms with E-state index in [0.29, 0.717) is 5.65 Å². The monoisotopic (exact) mass is 354 g/mol. The lowest BCUT2D eigenvalue weighted by molar-refractivity contribution is -0.120. The van der Waals surface area contributed by atoms with E-state index < -0.39 is 17.5 Å². The van der Waals surface area contributed by atoms with Crippen LogP contribution in [0.2, 0.25) is 0 Å². The Hall–Kier alpha value is -3.49. The van der Waals surface area contributed by atoms with Crippen LogP contribution in [0.5, 0.6) is 0 Å². The number of nitrogens with zero attached hydrogens (tertiary/aromatic N) is 4. The number of fused-ring (bicyclic) bond motifs is 1. The van der Waals surface area contributed by atoms with E-state index in [-0.39, 0.29) is 18.0 Å². The molecule has 0 saturated carbocycles. The van der Waals surface area contributed by atoms with E-state index in [1.165, 1.54) is 12.5 Å². The predicted octanol–water partition coefficient (Wildman–Crippen LogP) is 0.816. The van der Waals surface area contributed by atoms with Crippen LogP contribution >= 0.6 is 0 Å². The molecule has 3 rings (SSSR count). The van der Waals surface area contributed by atoms with Crippen LogP contribution in [0.25, 0.3) is 16.7 Å². The van der Waals surface area contributed by atoms with Gasteiger partial charge in [0.05, 0.1) is 11.9 Å². The van der Waals surface area contributed by atoms with Gasteiger partial charge in [0.15, 0.2) is 5.65 Å². The van der Waals surface area contributed by atoms with Crippen LogP contribution in [0, 0.1) is 0 Å². The molecule has 1 aromatic carbocycles. The number of imide groups is 1. The minimum atomic E-state index is -0.609. The molecule has 0 bridgehead atoms. The second kappa shape index (κ2) is 7.18. The maximum Gasteiger partial charge on any atom is 0.321 e. The second-order valence-electron chi connectivity index (χ2n) is 5.98. The van der Waals surface area contributed by atoms with Gasteiger partial charge in [-0.15, -0.1) is 0 Å². The van der Waals surface area contributed by atoms with Crippen molar-refractivity contribution in [2.45, 2.75) is 26.4 Å². The molecule has 3 aromatic rings. The molecular weight excluding hydrogens is 336 g/mol. The molecule has 2 heterocycles. The summed E-state index contributed by atoms with van der Waals surface area (Å²) in [4.78, 5) is 40.3. The summed E-state index contributed by atoms with van der Waals surface area (Å²) in [6.07, 6.45) is 2.68. The van der Waals surface area contributed by atoms with E-state index in [1.807, 2.05) is 30.3 Å². The normalized spacial score (nSPS) is 10.9. The highest BCUT2D eigenvalue weighted by Gasteiger charge is 2.14. The zero-order chi connectivity index (χ0) is 18.7. The molecule has 0 aliphatic carbocycles. The molecule has 0 aliphatic heterocycles. The Morgan fingerprint density at radius 2 is 1.92 bits per heavy atom. The van der Waals surface area contributed by atoms with Gasteiger partial charge in [-0.2, -0.15) is 5.10 Å². The van der Waals surface area contributed by atoms with Crippen molar-refractivity contribution in [2.75, 3.05) is 0 Å². The fraction of sp³-hybridized carbons (Fsp3) is 0.235. The molecule has 3 amide bonds. The Kier molecular flexibility index (Phi) is 4.78. The van der Waals surface area contributed by atoms with Crippen molar-refractivity contribution >= 4 is 23.0 Å². The van der Waals surface area contributed by atoms with Gasteiger partial charge in [-0.1, -0.05) is 18.2 Å². The highest BCUT2D eigenvalue weighted by molar-refractivity contribution is 5.94. The van der Waals surface area contributed by atoms with Crippen LogP contribution in [-0.4, -0.2) is 37.3 Å². The number of aromatic nitrogens is 4. The summed E-state index contributed by atoms with van der Waals surface area (Å²) >= 11 is 0. The average Bonchev–Trinajstić information content (AvgIpc) is 3.02. The Bertz CT molecular complexity index is 1010. The first-order valence-corrected chi connectivity index (χ1v) is 8.04. The maximum absolute atomic E-state index is 12.6. The molecule has 2 aromatic heterocycles. The molecular formula is C17H18N6O3. The molecule has 0 radical (unpaired) electrons. The fourth-order valence-electron chi connectivity index (χ4n) is 2.44. The number of nitrogens with one attached hydrogen (secondary N) is 2. The zero-order valence-electron chi connectivity index (χ0n) is 14.3. The van der Waals surface area contributed by atoms with E-state index >= 15 is 0 Å². The molecule has 0 unspecified atom stereocenters. The van der Waals surface area contributed by atoms with Crippen LogP contribution in [0.15, 0.2) is 47.7 Å². The van der Waals surface area contributed by atoms with Gasteiger partial charge in [-0.25, -0.2) is 14.5 Å². The van der Waals surface area contributed by atoms with Gasteiger partial charge in [0.1, 0.15) is 18.3 Å². The number of rotatable bonds is 4. The van der Waals surface area contributed by atoms with Gasteiger partial charge in [0, 0.05) is 6.04 Å². The van der Waals surface area contributed by atoms with Crippen LogP contribution in [0.3, 0.4) is 0 Å². The SMILES string of the molecule is CC(C)NC(=O)NC(=O)Cn1cnc2c(cnn2-c2ccccc2)c1=O. The first kappa shape index (κ1) is 17.3. The number of carbonyl (C=O) groups excluding carboxylic acids is 2. The van der Waals surface area contributed by atoms with Gasteiger partial charge in [0.25, 0.3) is 5.56 Å². The minimum absolute atomic E-state index is 0.104. The number of urea groups is 1. The first-order valence-electron chi connectivity index (χ1n) is 8.04. The third-order valence-electron chi connectivity index (χ3n) is 3.54. The van der Waals surface area contributed by atoms with Crippen LogP contribution in [-0.2, 0) is 11.3 Å². The molecule has 0 fully saturated rings. The van der Waals surface area contributed by atoms with E-state index in [4.69, 9.17) is 0 Å².